The van der Waals surface area contributed by atoms with Crippen LogP contribution in [0.1, 0.15) is 45.6 Å². The highest BCUT2D eigenvalue weighted by Crippen LogP contribution is 2.21. The first-order valence-electron chi connectivity index (χ1n) is 7.84. The lowest BCUT2D eigenvalue weighted by Crippen LogP contribution is -2.30. The molecule has 0 saturated carbocycles. The fourth-order valence-electron chi connectivity index (χ4n) is 2.04. The van der Waals surface area contributed by atoms with Gasteiger partial charge in [0.25, 0.3) is 0 Å². The SMILES string of the molecule is CCCNCc1ccccc1OC(CCC)C(=O)OCC. The van der Waals surface area contributed by atoms with E-state index in [4.69, 9.17) is 9.47 Å². The normalized spacial score (nSPS) is 12.0. The second-order valence-corrected chi connectivity index (χ2v) is 4.93. The van der Waals surface area contributed by atoms with Crippen LogP contribution >= 0.6 is 0 Å². The number of benzene rings is 1. The number of hydrogen-bond acceptors (Lipinski definition) is 4. The van der Waals surface area contributed by atoms with Crippen LogP contribution in [-0.4, -0.2) is 25.2 Å². The van der Waals surface area contributed by atoms with Crippen molar-refractivity contribution in [3.63, 3.8) is 0 Å². The van der Waals surface area contributed by atoms with Gasteiger partial charge in [-0.05, 0) is 32.4 Å². The Hall–Kier alpha value is -1.55. The van der Waals surface area contributed by atoms with Crippen molar-refractivity contribution in [2.45, 2.75) is 52.7 Å². The molecule has 0 spiro atoms. The molecule has 1 aromatic rings. The molecule has 1 rings (SSSR count). The van der Waals surface area contributed by atoms with E-state index in [1.54, 1.807) is 0 Å². The Labute approximate surface area is 127 Å². The molecule has 0 heterocycles. The Kier molecular flexibility index (Phi) is 8.51. The average Bonchev–Trinajstić information content (AvgIpc) is 2.49. The minimum Gasteiger partial charge on any atom is -0.478 e. The van der Waals surface area contributed by atoms with E-state index in [1.807, 2.05) is 38.1 Å². The van der Waals surface area contributed by atoms with Crippen molar-refractivity contribution >= 4 is 5.97 Å². The predicted octanol–water partition coefficient (Wildman–Crippen LogP) is 3.30. The van der Waals surface area contributed by atoms with Gasteiger partial charge < -0.3 is 14.8 Å². The van der Waals surface area contributed by atoms with E-state index in [1.165, 1.54) is 0 Å². The maximum Gasteiger partial charge on any atom is 0.347 e. The molecule has 1 unspecified atom stereocenters. The van der Waals surface area contributed by atoms with Gasteiger partial charge in [-0.1, -0.05) is 38.5 Å². The van der Waals surface area contributed by atoms with Gasteiger partial charge in [0.05, 0.1) is 6.61 Å². The summed E-state index contributed by atoms with van der Waals surface area (Å²) in [7, 11) is 0. The Morgan fingerprint density at radius 2 is 1.95 bits per heavy atom. The standard InChI is InChI=1S/C17H27NO3/c1-4-9-16(17(19)20-6-3)21-15-11-8-7-10-14(15)13-18-12-5-2/h7-8,10-11,16,18H,4-6,9,12-13H2,1-3H3. The van der Waals surface area contributed by atoms with Crippen LogP contribution in [0.3, 0.4) is 0 Å². The summed E-state index contributed by atoms with van der Waals surface area (Å²) in [6.07, 6.45) is 2.10. The van der Waals surface area contributed by atoms with Crippen molar-refractivity contribution < 1.29 is 14.3 Å². The van der Waals surface area contributed by atoms with Crippen LogP contribution < -0.4 is 10.1 Å². The second kappa shape index (κ2) is 10.2. The molecule has 1 atom stereocenters. The van der Waals surface area contributed by atoms with E-state index in [0.29, 0.717) is 13.0 Å². The van der Waals surface area contributed by atoms with Crippen molar-refractivity contribution in [1.82, 2.24) is 5.32 Å². The summed E-state index contributed by atoms with van der Waals surface area (Å²) in [6, 6.07) is 7.83. The van der Waals surface area contributed by atoms with E-state index in [9.17, 15) is 4.79 Å². The number of ether oxygens (including phenoxy) is 2. The first-order chi connectivity index (χ1) is 10.2. The lowest BCUT2D eigenvalue weighted by molar-refractivity contribution is -0.151. The molecular formula is C17H27NO3. The molecular weight excluding hydrogens is 266 g/mol. The number of esters is 1. The van der Waals surface area contributed by atoms with Gasteiger partial charge in [-0.3, -0.25) is 0 Å². The van der Waals surface area contributed by atoms with Gasteiger partial charge in [-0.25, -0.2) is 4.79 Å². The molecule has 0 fully saturated rings. The number of rotatable bonds is 10. The molecule has 0 amide bonds. The molecule has 0 aliphatic rings. The van der Waals surface area contributed by atoms with Gasteiger partial charge in [0.2, 0.25) is 0 Å². The minimum absolute atomic E-state index is 0.282. The van der Waals surface area contributed by atoms with Crippen molar-refractivity contribution in [2.24, 2.45) is 0 Å². The molecule has 1 aromatic carbocycles. The minimum atomic E-state index is -0.526. The van der Waals surface area contributed by atoms with Crippen molar-refractivity contribution in [2.75, 3.05) is 13.2 Å². The number of carbonyl (C=O) groups is 1. The summed E-state index contributed by atoms with van der Waals surface area (Å²) >= 11 is 0. The summed E-state index contributed by atoms with van der Waals surface area (Å²) in [4.78, 5) is 11.9. The zero-order valence-corrected chi connectivity index (χ0v) is 13.4. The number of nitrogens with one attached hydrogen (secondary N) is 1. The van der Waals surface area contributed by atoms with Crippen LogP contribution in [0, 0.1) is 0 Å². The third-order valence-corrected chi connectivity index (χ3v) is 3.08. The Balaban J connectivity index is 2.75. The fourth-order valence-corrected chi connectivity index (χ4v) is 2.04. The number of carbonyl (C=O) groups excluding carboxylic acids is 1. The first-order valence-corrected chi connectivity index (χ1v) is 7.84. The van der Waals surface area contributed by atoms with Crippen LogP contribution in [0.2, 0.25) is 0 Å². The smallest absolute Gasteiger partial charge is 0.347 e. The maximum atomic E-state index is 11.9. The van der Waals surface area contributed by atoms with E-state index in [2.05, 4.69) is 12.2 Å². The molecule has 0 aliphatic heterocycles. The largest absolute Gasteiger partial charge is 0.478 e. The van der Waals surface area contributed by atoms with E-state index in [-0.39, 0.29) is 5.97 Å². The molecule has 0 bridgehead atoms. The average molecular weight is 293 g/mol. The summed E-state index contributed by atoms with van der Waals surface area (Å²) in [5.74, 6) is 0.475. The van der Waals surface area contributed by atoms with Gasteiger partial charge in [0.15, 0.2) is 6.10 Å². The quantitative estimate of drug-likeness (QED) is 0.531. The molecule has 118 valence electrons. The molecule has 1 N–H and O–H groups in total. The van der Waals surface area contributed by atoms with Gasteiger partial charge in [0.1, 0.15) is 5.75 Å². The van der Waals surface area contributed by atoms with E-state index < -0.39 is 6.10 Å². The monoisotopic (exact) mass is 293 g/mol. The highest BCUT2D eigenvalue weighted by atomic mass is 16.6. The molecule has 0 aliphatic carbocycles. The lowest BCUT2D eigenvalue weighted by atomic mass is 10.1. The summed E-state index contributed by atoms with van der Waals surface area (Å²) < 4.78 is 11.0. The van der Waals surface area contributed by atoms with Gasteiger partial charge >= 0.3 is 5.97 Å². The van der Waals surface area contributed by atoms with Crippen molar-refractivity contribution in [1.29, 1.82) is 0 Å². The third kappa shape index (κ3) is 6.17. The molecule has 21 heavy (non-hydrogen) atoms. The van der Waals surface area contributed by atoms with Gasteiger partial charge in [-0.2, -0.15) is 0 Å². The zero-order chi connectivity index (χ0) is 15.5. The molecule has 4 nitrogen and oxygen atoms in total. The summed E-state index contributed by atoms with van der Waals surface area (Å²) in [5, 5.41) is 3.36. The molecule has 0 saturated heterocycles. The highest BCUT2D eigenvalue weighted by molar-refractivity contribution is 5.75. The maximum absolute atomic E-state index is 11.9. The summed E-state index contributed by atoms with van der Waals surface area (Å²) in [6.45, 7) is 8.06. The molecule has 4 heteroatoms. The molecule has 0 radical (unpaired) electrons. The van der Waals surface area contributed by atoms with Crippen LogP contribution in [0.15, 0.2) is 24.3 Å². The third-order valence-electron chi connectivity index (χ3n) is 3.08. The lowest BCUT2D eigenvalue weighted by Gasteiger charge is -2.19. The Morgan fingerprint density at radius 1 is 1.19 bits per heavy atom. The van der Waals surface area contributed by atoms with Crippen LogP contribution in [0.4, 0.5) is 0 Å². The zero-order valence-electron chi connectivity index (χ0n) is 13.4. The first kappa shape index (κ1) is 17.5. The van der Waals surface area contributed by atoms with E-state index in [0.717, 1.165) is 37.2 Å². The van der Waals surface area contributed by atoms with Crippen LogP contribution in [0.25, 0.3) is 0 Å². The van der Waals surface area contributed by atoms with Gasteiger partial charge in [0, 0.05) is 12.1 Å². The van der Waals surface area contributed by atoms with Crippen LogP contribution in [-0.2, 0) is 16.1 Å². The van der Waals surface area contributed by atoms with Crippen LogP contribution in [0.5, 0.6) is 5.75 Å². The highest BCUT2D eigenvalue weighted by Gasteiger charge is 2.21. The van der Waals surface area contributed by atoms with E-state index >= 15 is 0 Å². The molecule has 0 aromatic heterocycles. The Bertz CT molecular complexity index is 420. The number of hydrogen-bond donors (Lipinski definition) is 1. The van der Waals surface area contributed by atoms with Gasteiger partial charge in [-0.15, -0.1) is 0 Å². The Morgan fingerprint density at radius 3 is 2.62 bits per heavy atom. The topological polar surface area (TPSA) is 47.6 Å². The van der Waals surface area contributed by atoms with Crippen molar-refractivity contribution in [3.8, 4) is 5.75 Å². The second-order valence-electron chi connectivity index (χ2n) is 4.93. The van der Waals surface area contributed by atoms with Crippen molar-refractivity contribution in [3.05, 3.63) is 29.8 Å². The predicted molar refractivity (Wildman–Crippen MR) is 84.4 cm³/mol. The summed E-state index contributed by atoms with van der Waals surface area (Å²) in [5.41, 5.74) is 1.07. The number of para-hydroxylation sites is 1. The fraction of sp³-hybridized carbons (Fsp3) is 0.588.